The monoisotopic (exact) mass is 224 g/mol. The van der Waals surface area contributed by atoms with Gasteiger partial charge in [-0.3, -0.25) is 0 Å². The van der Waals surface area contributed by atoms with Crippen LogP contribution in [0.3, 0.4) is 0 Å². The van der Waals surface area contributed by atoms with Crippen molar-refractivity contribution < 1.29 is 4.74 Å². The van der Waals surface area contributed by atoms with Crippen LogP contribution < -0.4 is 10.5 Å². The van der Waals surface area contributed by atoms with Crippen LogP contribution in [-0.2, 0) is 0 Å². The van der Waals surface area contributed by atoms with Crippen molar-refractivity contribution in [2.24, 2.45) is 0 Å². The van der Waals surface area contributed by atoms with Crippen LogP contribution in [0.1, 0.15) is 19.7 Å². The molecule has 5 heteroatoms. The third-order valence-corrected chi connectivity index (χ3v) is 2.62. The van der Waals surface area contributed by atoms with Crippen molar-refractivity contribution in [3.05, 3.63) is 11.9 Å². The predicted octanol–water partition coefficient (Wildman–Crippen LogP) is 1.09. The first-order valence-electron chi connectivity index (χ1n) is 5.22. The highest BCUT2D eigenvalue weighted by Crippen LogP contribution is 2.15. The topological polar surface area (TPSA) is 64.3 Å². The summed E-state index contributed by atoms with van der Waals surface area (Å²) < 4.78 is 5.62. The molecule has 16 heavy (non-hydrogen) atoms. The van der Waals surface area contributed by atoms with Crippen molar-refractivity contribution in [2.75, 3.05) is 26.4 Å². The number of nitrogen functional groups attached to an aromatic ring is 1. The molecule has 0 spiro atoms. The number of aromatic nitrogens is 2. The van der Waals surface area contributed by atoms with E-state index in [4.69, 9.17) is 10.5 Å². The molecule has 5 nitrogen and oxygen atoms in total. The highest BCUT2D eigenvalue weighted by molar-refractivity contribution is 5.32. The number of anilines is 1. The van der Waals surface area contributed by atoms with Crippen molar-refractivity contribution in [2.45, 2.75) is 26.3 Å². The smallest absolute Gasteiger partial charge is 0.218 e. The second-order valence-corrected chi connectivity index (χ2v) is 4.67. The molecular formula is C11H20N4O. The number of nitrogens with two attached hydrogens (primary N) is 1. The molecule has 2 N–H and O–H groups in total. The van der Waals surface area contributed by atoms with E-state index in [0.717, 1.165) is 0 Å². The van der Waals surface area contributed by atoms with E-state index in [1.165, 1.54) is 0 Å². The molecule has 0 aliphatic rings. The van der Waals surface area contributed by atoms with Crippen molar-refractivity contribution in [1.82, 2.24) is 14.9 Å². The molecular weight excluding hydrogens is 204 g/mol. The summed E-state index contributed by atoms with van der Waals surface area (Å²) in [5.74, 6) is 1.59. The lowest BCUT2D eigenvalue weighted by Gasteiger charge is -2.31. The standard InChI is InChI=1S/C11H20N4O/c1-8-13-9(12)6-10(14-8)16-7-11(2,3)15(4)5/h6H,7H2,1-5H3,(H2,12,13,14). The molecule has 0 aliphatic heterocycles. The first-order valence-corrected chi connectivity index (χ1v) is 5.22. The van der Waals surface area contributed by atoms with Gasteiger partial charge in [0, 0.05) is 11.6 Å². The van der Waals surface area contributed by atoms with E-state index < -0.39 is 0 Å². The van der Waals surface area contributed by atoms with Gasteiger partial charge in [-0.25, -0.2) is 4.98 Å². The molecule has 0 saturated carbocycles. The normalized spacial score (nSPS) is 11.9. The SMILES string of the molecule is Cc1nc(N)cc(OCC(C)(C)N(C)C)n1. The largest absolute Gasteiger partial charge is 0.476 e. The van der Waals surface area contributed by atoms with Gasteiger partial charge in [-0.1, -0.05) is 0 Å². The molecule has 0 aromatic carbocycles. The van der Waals surface area contributed by atoms with E-state index in [1.54, 1.807) is 13.0 Å². The molecule has 0 aliphatic carbocycles. The first kappa shape index (κ1) is 12.7. The van der Waals surface area contributed by atoms with Gasteiger partial charge in [-0.05, 0) is 34.9 Å². The van der Waals surface area contributed by atoms with Gasteiger partial charge < -0.3 is 15.4 Å². The first-order chi connectivity index (χ1) is 7.31. The Bertz CT molecular complexity index is 343. The zero-order valence-corrected chi connectivity index (χ0v) is 10.6. The Kier molecular flexibility index (Phi) is 3.70. The number of likely N-dealkylation sites (N-methyl/N-ethyl adjacent to an activating group) is 1. The minimum absolute atomic E-state index is 0.0480. The second kappa shape index (κ2) is 4.65. The fourth-order valence-electron chi connectivity index (χ4n) is 1.02. The fraction of sp³-hybridized carbons (Fsp3) is 0.636. The molecule has 0 radical (unpaired) electrons. The third-order valence-electron chi connectivity index (χ3n) is 2.62. The average molecular weight is 224 g/mol. The van der Waals surface area contributed by atoms with E-state index in [2.05, 4.69) is 28.7 Å². The van der Waals surface area contributed by atoms with Crippen molar-refractivity contribution in [3.63, 3.8) is 0 Å². The Morgan fingerprint density at radius 3 is 2.50 bits per heavy atom. The quantitative estimate of drug-likeness (QED) is 0.829. The maximum Gasteiger partial charge on any atom is 0.218 e. The van der Waals surface area contributed by atoms with Gasteiger partial charge in [0.2, 0.25) is 5.88 Å². The Morgan fingerprint density at radius 1 is 1.38 bits per heavy atom. The summed E-state index contributed by atoms with van der Waals surface area (Å²) in [6, 6.07) is 1.64. The molecule has 90 valence electrons. The predicted molar refractivity (Wildman–Crippen MR) is 64.4 cm³/mol. The van der Waals surface area contributed by atoms with E-state index in [9.17, 15) is 0 Å². The lowest BCUT2D eigenvalue weighted by Crippen LogP contribution is -2.43. The number of hydrogen-bond donors (Lipinski definition) is 1. The molecule has 1 rings (SSSR count). The van der Waals surface area contributed by atoms with Crippen molar-refractivity contribution in [3.8, 4) is 5.88 Å². The van der Waals surface area contributed by atoms with Crippen LogP contribution in [0.25, 0.3) is 0 Å². The number of nitrogens with zero attached hydrogens (tertiary/aromatic N) is 3. The average Bonchev–Trinajstić information content (AvgIpc) is 2.13. The maximum atomic E-state index is 5.62. The fourth-order valence-corrected chi connectivity index (χ4v) is 1.02. The molecule has 1 aromatic heterocycles. The van der Waals surface area contributed by atoms with Gasteiger partial charge in [-0.15, -0.1) is 0 Å². The third kappa shape index (κ3) is 3.34. The van der Waals surface area contributed by atoms with Crippen LogP contribution in [0.2, 0.25) is 0 Å². The summed E-state index contributed by atoms with van der Waals surface area (Å²) in [6.45, 7) is 6.55. The van der Waals surface area contributed by atoms with Gasteiger partial charge >= 0.3 is 0 Å². The van der Waals surface area contributed by atoms with Gasteiger partial charge in [0.05, 0.1) is 0 Å². The van der Waals surface area contributed by atoms with Crippen molar-refractivity contribution in [1.29, 1.82) is 0 Å². The highest BCUT2D eigenvalue weighted by atomic mass is 16.5. The Morgan fingerprint density at radius 2 is 2.00 bits per heavy atom. The maximum absolute atomic E-state index is 5.62. The minimum Gasteiger partial charge on any atom is -0.476 e. The molecule has 1 aromatic rings. The molecule has 1 heterocycles. The zero-order chi connectivity index (χ0) is 12.3. The summed E-state index contributed by atoms with van der Waals surface area (Å²) in [6.07, 6.45) is 0. The molecule has 0 atom stereocenters. The van der Waals surface area contributed by atoms with Crippen LogP contribution >= 0.6 is 0 Å². The number of ether oxygens (including phenoxy) is 1. The molecule has 0 bridgehead atoms. The van der Waals surface area contributed by atoms with Gasteiger partial charge in [0.15, 0.2) is 0 Å². The summed E-state index contributed by atoms with van der Waals surface area (Å²) in [5.41, 5.74) is 5.57. The summed E-state index contributed by atoms with van der Waals surface area (Å²) >= 11 is 0. The van der Waals surface area contributed by atoms with E-state index in [0.29, 0.717) is 24.1 Å². The van der Waals surface area contributed by atoms with E-state index in [1.807, 2.05) is 14.1 Å². The van der Waals surface area contributed by atoms with Crippen molar-refractivity contribution >= 4 is 5.82 Å². The Hall–Kier alpha value is -1.36. The lowest BCUT2D eigenvalue weighted by molar-refractivity contribution is 0.111. The summed E-state index contributed by atoms with van der Waals surface area (Å²) in [7, 11) is 4.03. The molecule has 0 unspecified atom stereocenters. The van der Waals surface area contributed by atoms with Crippen LogP contribution in [0, 0.1) is 6.92 Å². The molecule has 0 saturated heterocycles. The van der Waals surface area contributed by atoms with Gasteiger partial charge in [-0.2, -0.15) is 4.98 Å². The molecule has 0 fully saturated rings. The number of rotatable bonds is 4. The summed E-state index contributed by atoms with van der Waals surface area (Å²) in [5, 5.41) is 0. The second-order valence-electron chi connectivity index (χ2n) is 4.67. The van der Waals surface area contributed by atoms with Crippen LogP contribution in [-0.4, -0.2) is 41.1 Å². The van der Waals surface area contributed by atoms with E-state index >= 15 is 0 Å². The van der Waals surface area contributed by atoms with E-state index in [-0.39, 0.29) is 5.54 Å². The highest BCUT2D eigenvalue weighted by Gasteiger charge is 2.21. The Balaban J connectivity index is 2.68. The number of aryl methyl sites for hydroxylation is 1. The Labute approximate surface area is 96.6 Å². The lowest BCUT2D eigenvalue weighted by atomic mass is 10.1. The van der Waals surface area contributed by atoms with Crippen LogP contribution in [0.15, 0.2) is 6.07 Å². The van der Waals surface area contributed by atoms with Gasteiger partial charge in [0.25, 0.3) is 0 Å². The molecule has 0 amide bonds. The minimum atomic E-state index is -0.0480. The summed E-state index contributed by atoms with van der Waals surface area (Å²) in [4.78, 5) is 10.3. The van der Waals surface area contributed by atoms with Crippen LogP contribution in [0.4, 0.5) is 5.82 Å². The van der Waals surface area contributed by atoms with Crippen LogP contribution in [0.5, 0.6) is 5.88 Å². The van der Waals surface area contributed by atoms with Gasteiger partial charge in [0.1, 0.15) is 18.2 Å². The zero-order valence-electron chi connectivity index (χ0n) is 10.6. The number of hydrogen-bond acceptors (Lipinski definition) is 5.